The van der Waals surface area contributed by atoms with Crippen molar-refractivity contribution in [3.8, 4) is 0 Å². The van der Waals surface area contributed by atoms with Gasteiger partial charge in [-0.1, -0.05) is 43.9 Å². The van der Waals surface area contributed by atoms with E-state index in [0.717, 1.165) is 19.4 Å². The van der Waals surface area contributed by atoms with Gasteiger partial charge in [0.2, 0.25) is 0 Å². The molecule has 1 unspecified atom stereocenters. The van der Waals surface area contributed by atoms with Crippen LogP contribution < -0.4 is 5.73 Å². The van der Waals surface area contributed by atoms with Crippen molar-refractivity contribution in [1.29, 1.82) is 0 Å². The molecule has 1 atom stereocenters. The van der Waals surface area contributed by atoms with Gasteiger partial charge in [-0.15, -0.1) is 0 Å². The number of rotatable bonds is 4. The summed E-state index contributed by atoms with van der Waals surface area (Å²) in [6.07, 6.45) is 7.28. The second-order valence-corrected chi connectivity index (χ2v) is 6.23. The van der Waals surface area contributed by atoms with Crippen LogP contribution in [0.1, 0.15) is 68.2 Å². The third-order valence-electron chi connectivity index (χ3n) is 4.84. The number of nitrogens with two attached hydrogens (primary N) is 1. The first-order chi connectivity index (χ1) is 9.59. The maximum absolute atomic E-state index is 6.65. The summed E-state index contributed by atoms with van der Waals surface area (Å²) >= 11 is 0. The molecule has 0 radical (unpaired) electrons. The van der Waals surface area contributed by atoms with Crippen LogP contribution in [0.25, 0.3) is 0 Å². The highest BCUT2D eigenvalue weighted by Gasteiger charge is 2.38. The van der Waals surface area contributed by atoms with E-state index in [0.29, 0.717) is 0 Å². The molecule has 20 heavy (non-hydrogen) atoms. The summed E-state index contributed by atoms with van der Waals surface area (Å²) in [5, 5.41) is 0. The number of hydrogen-bond donors (Lipinski definition) is 1. The molecular weight excluding hydrogens is 246 g/mol. The van der Waals surface area contributed by atoms with E-state index in [4.69, 9.17) is 10.5 Å². The Hall–Kier alpha value is -0.860. The fraction of sp³-hybridized carbons (Fsp3) is 0.667. The minimum Gasteiger partial charge on any atom is -0.373 e. The Morgan fingerprint density at radius 2 is 1.75 bits per heavy atom. The Labute approximate surface area is 123 Å². The molecule has 1 fully saturated rings. The zero-order valence-corrected chi connectivity index (χ0v) is 13.2. The van der Waals surface area contributed by atoms with Gasteiger partial charge >= 0.3 is 0 Å². The lowest BCUT2D eigenvalue weighted by Gasteiger charge is -2.38. The standard InChI is InChI=1S/C18H29NO/c1-4-20-18(11-7-5-6-8-12-18)17(19)16-10-9-14(2)15(3)13-16/h9-10,13,17H,4-8,11-12,19H2,1-3H3. The van der Waals surface area contributed by atoms with Crippen molar-refractivity contribution in [3.05, 3.63) is 34.9 Å². The average Bonchev–Trinajstić information content (AvgIpc) is 2.68. The molecule has 1 aromatic carbocycles. The number of benzene rings is 1. The van der Waals surface area contributed by atoms with E-state index in [1.54, 1.807) is 0 Å². The molecule has 1 aliphatic carbocycles. The molecule has 1 aromatic rings. The van der Waals surface area contributed by atoms with E-state index in [2.05, 4.69) is 39.0 Å². The SMILES string of the molecule is CCOC1(C(N)c2ccc(C)c(C)c2)CCCCCC1. The first-order valence-electron chi connectivity index (χ1n) is 8.06. The van der Waals surface area contributed by atoms with Crippen molar-refractivity contribution in [1.82, 2.24) is 0 Å². The molecule has 0 amide bonds. The Bertz CT molecular complexity index is 433. The predicted octanol–water partition coefficient (Wildman–Crippen LogP) is 4.43. The summed E-state index contributed by atoms with van der Waals surface area (Å²) in [5.41, 5.74) is 10.4. The Kier molecular flexibility index (Phi) is 5.22. The maximum Gasteiger partial charge on any atom is 0.0874 e. The molecule has 2 rings (SSSR count). The third kappa shape index (κ3) is 3.24. The Balaban J connectivity index is 2.29. The molecule has 0 saturated heterocycles. The summed E-state index contributed by atoms with van der Waals surface area (Å²) in [6, 6.07) is 6.59. The van der Waals surface area contributed by atoms with Crippen LogP contribution in [-0.2, 0) is 4.74 Å². The summed E-state index contributed by atoms with van der Waals surface area (Å²) in [4.78, 5) is 0. The number of hydrogen-bond acceptors (Lipinski definition) is 2. The fourth-order valence-corrected chi connectivity index (χ4v) is 3.42. The lowest BCUT2D eigenvalue weighted by molar-refractivity contribution is -0.0696. The van der Waals surface area contributed by atoms with Gasteiger partial charge in [-0.25, -0.2) is 0 Å². The lowest BCUT2D eigenvalue weighted by Crippen LogP contribution is -2.43. The quantitative estimate of drug-likeness (QED) is 0.825. The van der Waals surface area contributed by atoms with Gasteiger partial charge in [-0.2, -0.15) is 0 Å². The van der Waals surface area contributed by atoms with E-state index in [9.17, 15) is 0 Å². The molecule has 2 N–H and O–H groups in total. The van der Waals surface area contributed by atoms with Gasteiger partial charge in [0.25, 0.3) is 0 Å². The van der Waals surface area contributed by atoms with E-state index in [1.165, 1.54) is 42.4 Å². The number of ether oxygens (including phenoxy) is 1. The van der Waals surface area contributed by atoms with Crippen LogP contribution in [0.4, 0.5) is 0 Å². The molecule has 2 heteroatoms. The van der Waals surface area contributed by atoms with Gasteiger partial charge in [-0.05, 0) is 50.3 Å². The Morgan fingerprint density at radius 3 is 2.30 bits per heavy atom. The zero-order valence-electron chi connectivity index (χ0n) is 13.2. The topological polar surface area (TPSA) is 35.2 Å². The summed E-state index contributed by atoms with van der Waals surface area (Å²) < 4.78 is 6.21. The lowest BCUT2D eigenvalue weighted by atomic mass is 9.82. The third-order valence-corrected chi connectivity index (χ3v) is 4.84. The fourth-order valence-electron chi connectivity index (χ4n) is 3.42. The van der Waals surface area contributed by atoms with Crippen LogP contribution in [0.15, 0.2) is 18.2 Å². The van der Waals surface area contributed by atoms with Crippen LogP contribution in [0, 0.1) is 13.8 Å². The maximum atomic E-state index is 6.65. The van der Waals surface area contributed by atoms with Crippen molar-refractivity contribution in [2.45, 2.75) is 70.9 Å². The summed E-state index contributed by atoms with van der Waals surface area (Å²) in [6.45, 7) is 7.14. The van der Waals surface area contributed by atoms with Crippen LogP contribution in [0.3, 0.4) is 0 Å². The molecular formula is C18H29NO. The second kappa shape index (κ2) is 6.73. The molecule has 0 bridgehead atoms. The van der Waals surface area contributed by atoms with Gasteiger partial charge in [0.15, 0.2) is 0 Å². The molecule has 2 nitrogen and oxygen atoms in total. The molecule has 112 valence electrons. The zero-order chi connectivity index (χ0) is 14.6. The monoisotopic (exact) mass is 275 g/mol. The van der Waals surface area contributed by atoms with Crippen molar-refractivity contribution in [3.63, 3.8) is 0 Å². The van der Waals surface area contributed by atoms with Crippen LogP contribution >= 0.6 is 0 Å². The van der Waals surface area contributed by atoms with Crippen LogP contribution in [0.5, 0.6) is 0 Å². The van der Waals surface area contributed by atoms with Crippen molar-refractivity contribution in [2.24, 2.45) is 5.73 Å². The summed E-state index contributed by atoms with van der Waals surface area (Å²) in [5.74, 6) is 0. The van der Waals surface area contributed by atoms with Crippen LogP contribution in [-0.4, -0.2) is 12.2 Å². The van der Waals surface area contributed by atoms with Crippen molar-refractivity contribution < 1.29 is 4.74 Å². The first kappa shape index (κ1) is 15.5. The van der Waals surface area contributed by atoms with Crippen molar-refractivity contribution >= 4 is 0 Å². The Morgan fingerprint density at radius 1 is 1.10 bits per heavy atom. The van der Waals surface area contributed by atoms with Gasteiger partial charge in [-0.3, -0.25) is 0 Å². The molecule has 1 saturated carbocycles. The largest absolute Gasteiger partial charge is 0.373 e. The smallest absolute Gasteiger partial charge is 0.0874 e. The minimum absolute atomic E-state index is 0.0140. The first-order valence-corrected chi connectivity index (χ1v) is 8.06. The van der Waals surface area contributed by atoms with E-state index >= 15 is 0 Å². The minimum atomic E-state index is -0.160. The molecule has 0 aromatic heterocycles. The van der Waals surface area contributed by atoms with Gasteiger partial charge in [0.1, 0.15) is 0 Å². The number of aryl methyl sites for hydroxylation is 2. The van der Waals surface area contributed by atoms with E-state index in [1.807, 2.05) is 0 Å². The van der Waals surface area contributed by atoms with E-state index in [-0.39, 0.29) is 11.6 Å². The van der Waals surface area contributed by atoms with Crippen molar-refractivity contribution in [2.75, 3.05) is 6.61 Å². The molecule has 0 aliphatic heterocycles. The average molecular weight is 275 g/mol. The highest BCUT2D eigenvalue weighted by atomic mass is 16.5. The highest BCUT2D eigenvalue weighted by molar-refractivity contribution is 5.33. The normalized spacial score (nSPS) is 20.4. The van der Waals surface area contributed by atoms with Crippen LogP contribution in [0.2, 0.25) is 0 Å². The van der Waals surface area contributed by atoms with E-state index < -0.39 is 0 Å². The second-order valence-electron chi connectivity index (χ2n) is 6.23. The van der Waals surface area contributed by atoms with Gasteiger partial charge < -0.3 is 10.5 Å². The predicted molar refractivity (Wildman–Crippen MR) is 84.9 cm³/mol. The molecule has 1 aliphatic rings. The van der Waals surface area contributed by atoms with Gasteiger partial charge in [0, 0.05) is 6.61 Å². The van der Waals surface area contributed by atoms with Gasteiger partial charge in [0.05, 0.1) is 11.6 Å². The highest BCUT2D eigenvalue weighted by Crippen LogP contribution is 2.39. The molecule has 0 heterocycles. The molecule has 0 spiro atoms. The summed E-state index contributed by atoms with van der Waals surface area (Å²) in [7, 11) is 0.